The average Bonchev–Trinajstić information content (AvgIpc) is 2.50. The average molecular weight is 347 g/mol. The lowest BCUT2D eigenvalue weighted by Gasteiger charge is -2.09. The van der Waals surface area contributed by atoms with Gasteiger partial charge in [0.25, 0.3) is 0 Å². The van der Waals surface area contributed by atoms with E-state index in [1.54, 1.807) is 24.3 Å². The van der Waals surface area contributed by atoms with Crippen LogP contribution in [0.2, 0.25) is 0 Å². The molecule has 0 saturated heterocycles. The van der Waals surface area contributed by atoms with Crippen molar-refractivity contribution in [1.29, 1.82) is 5.26 Å². The van der Waals surface area contributed by atoms with Crippen molar-refractivity contribution in [2.24, 2.45) is 0 Å². The topological polar surface area (TPSA) is 72.2 Å². The molecule has 0 aliphatic rings. The molecule has 5 nitrogen and oxygen atoms in total. The molecule has 1 aromatic carbocycles. The van der Waals surface area contributed by atoms with Crippen molar-refractivity contribution in [1.82, 2.24) is 4.98 Å². The van der Waals surface area contributed by atoms with E-state index < -0.39 is 0 Å². The zero-order chi connectivity index (χ0) is 15.2. The van der Waals surface area contributed by atoms with Gasteiger partial charge >= 0.3 is 0 Å². The molecule has 0 N–H and O–H groups in total. The first-order valence-corrected chi connectivity index (χ1v) is 6.92. The maximum atomic E-state index is 10.9. The number of aldehydes is 1. The third kappa shape index (κ3) is 3.58. The number of nitrogens with zero attached hydrogens (tertiary/aromatic N) is 2. The molecule has 21 heavy (non-hydrogen) atoms. The molecule has 1 aromatic heterocycles. The van der Waals surface area contributed by atoms with E-state index in [0.717, 1.165) is 6.29 Å². The number of carbonyl (C=O) groups is 1. The van der Waals surface area contributed by atoms with Crippen LogP contribution in [0.4, 0.5) is 0 Å². The van der Waals surface area contributed by atoms with Crippen LogP contribution in [0, 0.1) is 11.3 Å². The number of rotatable bonds is 5. The maximum absolute atomic E-state index is 10.9. The van der Waals surface area contributed by atoms with Crippen LogP contribution >= 0.6 is 15.9 Å². The minimum Gasteiger partial charge on any atom is -0.492 e. The van der Waals surface area contributed by atoms with Gasteiger partial charge in [0, 0.05) is 16.1 Å². The Kier molecular flexibility index (Phi) is 4.90. The van der Waals surface area contributed by atoms with Gasteiger partial charge in [-0.05, 0) is 25.1 Å². The van der Waals surface area contributed by atoms with Gasteiger partial charge in [0.2, 0.25) is 5.88 Å². The van der Waals surface area contributed by atoms with E-state index in [9.17, 15) is 4.79 Å². The van der Waals surface area contributed by atoms with Crippen molar-refractivity contribution in [2.75, 3.05) is 6.61 Å². The number of benzene rings is 1. The van der Waals surface area contributed by atoms with Gasteiger partial charge < -0.3 is 9.47 Å². The second kappa shape index (κ2) is 6.86. The third-order valence-electron chi connectivity index (χ3n) is 2.58. The summed E-state index contributed by atoms with van der Waals surface area (Å²) in [6, 6.07) is 8.56. The summed E-state index contributed by atoms with van der Waals surface area (Å²) in [7, 11) is 0. The van der Waals surface area contributed by atoms with Crippen molar-refractivity contribution in [3.8, 4) is 23.4 Å². The van der Waals surface area contributed by atoms with Crippen LogP contribution in [0.1, 0.15) is 22.8 Å². The molecule has 0 unspecified atom stereocenters. The van der Waals surface area contributed by atoms with Crippen LogP contribution in [0.25, 0.3) is 0 Å². The quantitative estimate of drug-likeness (QED) is 0.771. The standard InChI is InChI=1S/C15H11BrN2O3/c1-2-20-14-6-15(18-8-11(14)7-17)21-12-3-4-13(16)10(5-12)9-19/h3-6,8-9H,2H2,1H3. The summed E-state index contributed by atoms with van der Waals surface area (Å²) in [5.74, 6) is 1.18. The Morgan fingerprint density at radius 3 is 2.90 bits per heavy atom. The summed E-state index contributed by atoms with van der Waals surface area (Å²) < 4.78 is 11.6. The van der Waals surface area contributed by atoms with E-state index >= 15 is 0 Å². The second-order valence-electron chi connectivity index (χ2n) is 3.97. The number of halogens is 1. The summed E-state index contributed by atoms with van der Waals surface area (Å²) in [6.07, 6.45) is 2.12. The van der Waals surface area contributed by atoms with Crippen LogP contribution < -0.4 is 9.47 Å². The minimum absolute atomic E-state index is 0.289. The Morgan fingerprint density at radius 2 is 2.24 bits per heavy atom. The van der Waals surface area contributed by atoms with Gasteiger partial charge in [-0.1, -0.05) is 15.9 Å². The summed E-state index contributed by atoms with van der Waals surface area (Å²) in [4.78, 5) is 14.9. The maximum Gasteiger partial charge on any atom is 0.222 e. The number of pyridine rings is 1. The van der Waals surface area contributed by atoms with Gasteiger partial charge in [0.1, 0.15) is 23.1 Å². The Balaban J connectivity index is 2.29. The molecule has 2 aromatic rings. The molecular formula is C15H11BrN2O3. The van der Waals surface area contributed by atoms with Gasteiger partial charge in [-0.25, -0.2) is 4.98 Å². The van der Waals surface area contributed by atoms with E-state index in [1.165, 1.54) is 6.20 Å². The second-order valence-corrected chi connectivity index (χ2v) is 4.82. The normalized spacial score (nSPS) is 9.76. The molecule has 0 aliphatic heterocycles. The van der Waals surface area contributed by atoms with Gasteiger partial charge in [0.15, 0.2) is 6.29 Å². The van der Waals surface area contributed by atoms with Crippen LogP contribution in [0.3, 0.4) is 0 Å². The fraction of sp³-hybridized carbons (Fsp3) is 0.133. The Hall–Kier alpha value is -2.39. The number of nitriles is 1. The first kappa shape index (κ1) is 15.0. The lowest BCUT2D eigenvalue weighted by molar-refractivity contribution is 0.112. The molecule has 2 rings (SSSR count). The van der Waals surface area contributed by atoms with Crippen LogP contribution in [0.5, 0.6) is 17.4 Å². The van der Waals surface area contributed by atoms with Gasteiger partial charge in [-0.2, -0.15) is 5.26 Å². The Bertz CT molecular complexity index is 711. The first-order valence-electron chi connectivity index (χ1n) is 6.13. The zero-order valence-electron chi connectivity index (χ0n) is 11.2. The van der Waals surface area contributed by atoms with E-state index in [4.69, 9.17) is 14.7 Å². The van der Waals surface area contributed by atoms with E-state index in [2.05, 4.69) is 20.9 Å². The third-order valence-corrected chi connectivity index (χ3v) is 3.30. The number of carbonyl (C=O) groups excluding carboxylic acids is 1. The van der Waals surface area contributed by atoms with Gasteiger partial charge in [-0.3, -0.25) is 4.79 Å². The zero-order valence-corrected chi connectivity index (χ0v) is 12.8. The molecule has 0 atom stereocenters. The van der Waals surface area contributed by atoms with Crippen molar-refractivity contribution in [2.45, 2.75) is 6.92 Å². The summed E-state index contributed by atoms with van der Waals surface area (Å²) >= 11 is 3.27. The van der Waals surface area contributed by atoms with Crippen molar-refractivity contribution < 1.29 is 14.3 Å². The Morgan fingerprint density at radius 1 is 1.43 bits per heavy atom. The van der Waals surface area contributed by atoms with E-state index in [1.807, 2.05) is 13.0 Å². The molecule has 0 saturated carbocycles. The summed E-state index contributed by atoms with van der Waals surface area (Å²) in [6.45, 7) is 2.26. The molecule has 0 fully saturated rings. The highest BCUT2D eigenvalue weighted by Gasteiger charge is 2.08. The Labute approximate surface area is 130 Å². The van der Waals surface area contributed by atoms with Crippen molar-refractivity contribution in [3.63, 3.8) is 0 Å². The van der Waals surface area contributed by atoms with E-state index in [-0.39, 0.29) is 5.88 Å². The molecule has 1 heterocycles. The molecule has 0 aliphatic carbocycles. The lowest BCUT2D eigenvalue weighted by atomic mass is 10.2. The fourth-order valence-corrected chi connectivity index (χ4v) is 1.97. The minimum atomic E-state index is 0.289. The number of ether oxygens (including phenoxy) is 2. The monoisotopic (exact) mass is 346 g/mol. The molecular weight excluding hydrogens is 336 g/mol. The summed E-state index contributed by atoms with van der Waals surface area (Å²) in [5, 5.41) is 8.97. The molecule has 0 radical (unpaired) electrons. The van der Waals surface area contributed by atoms with Crippen molar-refractivity contribution in [3.05, 3.63) is 46.1 Å². The van der Waals surface area contributed by atoms with Crippen LogP contribution in [-0.4, -0.2) is 17.9 Å². The highest BCUT2D eigenvalue weighted by Crippen LogP contribution is 2.28. The highest BCUT2D eigenvalue weighted by atomic mass is 79.9. The van der Waals surface area contributed by atoms with E-state index in [0.29, 0.717) is 33.7 Å². The molecule has 106 valence electrons. The predicted molar refractivity (Wildman–Crippen MR) is 79.7 cm³/mol. The predicted octanol–water partition coefficient (Wildman–Crippen LogP) is 3.72. The number of hydrogen-bond donors (Lipinski definition) is 0. The molecule has 0 bridgehead atoms. The molecule has 0 spiro atoms. The number of aromatic nitrogens is 1. The smallest absolute Gasteiger partial charge is 0.222 e. The van der Waals surface area contributed by atoms with Crippen LogP contribution in [-0.2, 0) is 0 Å². The van der Waals surface area contributed by atoms with Crippen molar-refractivity contribution >= 4 is 22.2 Å². The summed E-state index contributed by atoms with van der Waals surface area (Å²) in [5.41, 5.74) is 0.819. The number of hydrogen-bond acceptors (Lipinski definition) is 5. The largest absolute Gasteiger partial charge is 0.492 e. The molecule has 6 heteroatoms. The van der Waals surface area contributed by atoms with Gasteiger partial charge in [0.05, 0.1) is 12.8 Å². The lowest BCUT2D eigenvalue weighted by Crippen LogP contribution is -1.97. The SMILES string of the molecule is CCOc1cc(Oc2ccc(Br)c(C=O)c2)ncc1C#N. The molecule has 0 amide bonds. The highest BCUT2D eigenvalue weighted by molar-refractivity contribution is 9.10. The fourth-order valence-electron chi connectivity index (χ4n) is 1.63. The van der Waals surface area contributed by atoms with Crippen LogP contribution in [0.15, 0.2) is 34.9 Å². The van der Waals surface area contributed by atoms with Gasteiger partial charge in [-0.15, -0.1) is 0 Å². The first-order chi connectivity index (χ1) is 10.2.